The van der Waals surface area contributed by atoms with Gasteiger partial charge in [-0.2, -0.15) is 8.42 Å². The molecule has 0 fully saturated rings. The van der Waals surface area contributed by atoms with Crippen LogP contribution in [0.2, 0.25) is 0 Å². The molecule has 1 aromatic heterocycles. The molecule has 9 heteroatoms. The van der Waals surface area contributed by atoms with E-state index < -0.39 is 10.1 Å². The van der Waals surface area contributed by atoms with Crippen LogP contribution in [0.25, 0.3) is 10.9 Å². The van der Waals surface area contributed by atoms with Crippen molar-refractivity contribution in [2.45, 2.75) is 0 Å². The smallest absolute Gasteiger partial charge is 0.276 e. The molecule has 0 aliphatic heterocycles. The van der Waals surface area contributed by atoms with Gasteiger partial charge in [-0.25, -0.2) is 0 Å². The molecule has 2 rings (SSSR count). The minimum Gasteiger partial charge on any atom is -0.370 e. The van der Waals surface area contributed by atoms with Crippen LogP contribution in [0.15, 0.2) is 30.3 Å². The first-order chi connectivity index (χ1) is 9.59. The summed E-state index contributed by atoms with van der Waals surface area (Å²) in [5, 5.41) is 8.14. The molecule has 114 valence electrons. The van der Waals surface area contributed by atoms with Gasteiger partial charge in [0.25, 0.3) is 16.0 Å². The summed E-state index contributed by atoms with van der Waals surface area (Å²) in [4.78, 5) is 15.9. The van der Waals surface area contributed by atoms with Crippen LogP contribution in [0.5, 0.6) is 0 Å². The Balaban J connectivity index is 0.000000383. The molecule has 21 heavy (non-hydrogen) atoms. The number of para-hydroxylation sites is 1. The standard InChI is InChI=1S/C11H12N4O.CH4O3S/c1-15(11(12)13)10(16)9-6-7-4-2-3-5-8(7)14-9;1-5(2,3)4/h2-6,14H,1H3,(H3,12,13);1H3,(H,2,3,4). The van der Waals surface area contributed by atoms with Crippen LogP contribution >= 0.6 is 0 Å². The molecule has 1 aromatic carbocycles. The molecule has 0 radical (unpaired) electrons. The lowest BCUT2D eigenvalue weighted by Gasteiger charge is -2.12. The van der Waals surface area contributed by atoms with Crippen molar-refractivity contribution in [1.29, 1.82) is 5.41 Å². The Kier molecular flexibility index (Phi) is 5.06. The van der Waals surface area contributed by atoms with E-state index in [0.29, 0.717) is 11.9 Å². The first-order valence-corrected chi connectivity index (χ1v) is 7.56. The number of amides is 1. The lowest BCUT2D eigenvalue weighted by Crippen LogP contribution is -2.38. The van der Waals surface area contributed by atoms with Gasteiger partial charge < -0.3 is 10.7 Å². The van der Waals surface area contributed by atoms with E-state index in [9.17, 15) is 13.2 Å². The third kappa shape index (κ3) is 5.24. The lowest BCUT2D eigenvalue weighted by atomic mass is 10.2. The van der Waals surface area contributed by atoms with E-state index in [1.807, 2.05) is 24.3 Å². The summed E-state index contributed by atoms with van der Waals surface area (Å²) in [6.45, 7) is 0. The van der Waals surface area contributed by atoms with Crippen molar-refractivity contribution in [2.75, 3.05) is 13.3 Å². The SMILES string of the molecule is CN(C(=N)N)C(=O)c1cc2ccccc2[nH]1.CS(=O)(=O)O. The fourth-order valence-electron chi connectivity index (χ4n) is 1.48. The summed E-state index contributed by atoms with van der Waals surface area (Å²) in [6, 6.07) is 9.34. The highest BCUT2D eigenvalue weighted by Gasteiger charge is 2.15. The molecule has 0 aliphatic carbocycles. The highest BCUT2D eigenvalue weighted by atomic mass is 32.2. The molecular weight excluding hydrogens is 296 g/mol. The molecule has 0 aliphatic rings. The molecule has 2 aromatic rings. The number of nitrogens with two attached hydrogens (primary N) is 1. The van der Waals surface area contributed by atoms with E-state index in [-0.39, 0.29) is 11.9 Å². The average molecular weight is 312 g/mol. The molecule has 8 nitrogen and oxygen atoms in total. The number of carbonyl (C=O) groups is 1. The highest BCUT2D eigenvalue weighted by molar-refractivity contribution is 7.85. The van der Waals surface area contributed by atoms with Gasteiger partial charge in [-0.3, -0.25) is 19.7 Å². The third-order valence-electron chi connectivity index (χ3n) is 2.43. The van der Waals surface area contributed by atoms with E-state index >= 15 is 0 Å². The Morgan fingerprint density at radius 2 is 1.90 bits per heavy atom. The number of nitrogens with zero attached hydrogens (tertiary/aromatic N) is 1. The summed E-state index contributed by atoms with van der Waals surface area (Å²) in [6.07, 6.45) is 0.715. The predicted molar refractivity (Wildman–Crippen MR) is 79.8 cm³/mol. The van der Waals surface area contributed by atoms with Gasteiger partial charge in [0.05, 0.1) is 6.26 Å². The largest absolute Gasteiger partial charge is 0.370 e. The molecule has 1 amide bonds. The Morgan fingerprint density at radius 1 is 1.38 bits per heavy atom. The number of hydrogen-bond donors (Lipinski definition) is 4. The zero-order chi connectivity index (χ0) is 16.2. The van der Waals surface area contributed by atoms with Crippen molar-refractivity contribution in [2.24, 2.45) is 5.73 Å². The molecule has 0 unspecified atom stereocenters. The number of hydrogen-bond acceptors (Lipinski definition) is 4. The van der Waals surface area contributed by atoms with Crippen LogP contribution in [0.3, 0.4) is 0 Å². The molecule has 0 spiro atoms. The minimum absolute atomic E-state index is 0.274. The summed E-state index contributed by atoms with van der Waals surface area (Å²) >= 11 is 0. The summed E-state index contributed by atoms with van der Waals surface area (Å²) in [5.41, 5.74) is 6.56. The molecule has 0 atom stereocenters. The summed E-state index contributed by atoms with van der Waals surface area (Å²) in [7, 11) is -2.20. The van der Waals surface area contributed by atoms with E-state index in [1.165, 1.54) is 7.05 Å². The normalized spacial score (nSPS) is 10.6. The van der Waals surface area contributed by atoms with Crippen molar-refractivity contribution in [3.8, 4) is 0 Å². The van der Waals surface area contributed by atoms with Crippen molar-refractivity contribution < 1.29 is 17.8 Å². The number of rotatable bonds is 1. The Labute approximate surface area is 121 Å². The topological polar surface area (TPSA) is 140 Å². The quantitative estimate of drug-likeness (QED) is 0.347. The van der Waals surface area contributed by atoms with Crippen molar-refractivity contribution >= 4 is 32.9 Å². The van der Waals surface area contributed by atoms with E-state index in [4.69, 9.17) is 15.7 Å². The molecule has 0 bridgehead atoms. The summed E-state index contributed by atoms with van der Waals surface area (Å²) < 4.78 is 25.9. The number of benzene rings is 1. The number of carbonyl (C=O) groups excluding carboxylic acids is 1. The first-order valence-electron chi connectivity index (χ1n) is 5.72. The van der Waals surface area contributed by atoms with Crippen LogP contribution in [0.1, 0.15) is 10.5 Å². The van der Waals surface area contributed by atoms with Gasteiger partial charge in [0.15, 0.2) is 5.96 Å². The van der Waals surface area contributed by atoms with Crippen LogP contribution in [-0.2, 0) is 10.1 Å². The Hall–Kier alpha value is -2.39. The Morgan fingerprint density at radius 3 is 2.38 bits per heavy atom. The second-order valence-corrected chi connectivity index (χ2v) is 5.72. The first kappa shape index (κ1) is 16.7. The predicted octanol–water partition coefficient (Wildman–Crippen LogP) is 0.637. The van der Waals surface area contributed by atoms with Crippen LogP contribution in [0.4, 0.5) is 0 Å². The number of aromatic amines is 1. The van der Waals surface area contributed by atoms with Crippen LogP contribution < -0.4 is 5.73 Å². The number of nitrogens with one attached hydrogen (secondary N) is 2. The number of aromatic nitrogens is 1. The number of fused-ring (bicyclic) bond motifs is 1. The maximum absolute atomic E-state index is 11.8. The Bertz CT molecular complexity index is 725. The van der Waals surface area contributed by atoms with Gasteiger partial charge >= 0.3 is 0 Å². The fourth-order valence-corrected chi connectivity index (χ4v) is 1.48. The third-order valence-corrected chi connectivity index (χ3v) is 2.43. The molecule has 1 heterocycles. The second kappa shape index (κ2) is 6.37. The van der Waals surface area contributed by atoms with E-state index in [2.05, 4.69) is 4.98 Å². The van der Waals surface area contributed by atoms with Crippen molar-refractivity contribution in [3.05, 3.63) is 36.0 Å². The van der Waals surface area contributed by atoms with Crippen molar-refractivity contribution in [1.82, 2.24) is 9.88 Å². The van der Waals surface area contributed by atoms with Gasteiger partial charge in [-0.15, -0.1) is 0 Å². The maximum Gasteiger partial charge on any atom is 0.276 e. The summed E-state index contributed by atoms with van der Waals surface area (Å²) in [5.74, 6) is -0.590. The highest BCUT2D eigenvalue weighted by Crippen LogP contribution is 2.15. The van der Waals surface area contributed by atoms with Gasteiger partial charge in [0.1, 0.15) is 5.69 Å². The van der Waals surface area contributed by atoms with Gasteiger partial charge in [-0.1, -0.05) is 18.2 Å². The van der Waals surface area contributed by atoms with Crippen molar-refractivity contribution in [3.63, 3.8) is 0 Å². The molecule has 0 saturated carbocycles. The molecule has 0 saturated heterocycles. The van der Waals surface area contributed by atoms with Gasteiger partial charge in [0.2, 0.25) is 0 Å². The fraction of sp³-hybridized carbons (Fsp3) is 0.167. The van der Waals surface area contributed by atoms with E-state index in [0.717, 1.165) is 15.8 Å². The number of H-pyrrole nitrogens is 1. The maximum atomic E-state index is 11.8. The lowest BCUT2D eigenvalue weighted by molar-refractivity contribution is 0.0864. The zero-order valence-electron chi connectivity index (χ0n) is 11.5. The monoisotopic (exact) mass is 312 g/mol. The van der Waals surface area contributed by atoms with Crippen LogP contribution in [-0.4, -0.2) is 48.0 Å². The second-order valence-electron chi connectivity index (χ2n) is 4.25. The van der Waals surface area contributed by atoms with Gasteiger partial charge in [0, 0.05) is 18.0 Å². The molecular formula is C12H16N4O4S. The average Bonchev–Trinajstić information content (AvgIpc) is 2.78. The van der Waals surface area contributed by atoms with Crippen LogP contribution in [0, 0.1) is 5.41 Å². The number of guanidine groups is 1. The van der Waals surface area contributed by atoms with Gasteiger partial charge in [-0.05, 0) is 12.1 Å². The molecule has 5 N–H and O–H groups in total. The zero-order valence-corrected chi connectivity index (χ0v) is 12.3. The minimum atomic E-state index is -3.67. The van der Waals surface area contributed by atoms with E-state index in [1.54, 1.807) is 6.07 Å².